The van der Waals surface area contributed by atoms with Crippen LogP contribution in [0, 0.1) is 0 Å². The SMILES string of the molecule is CC(C(=O)O)n1nccc1C(=O)Nc1cnn(Cc2ccccc2)c1. The van der Waals surface area contributed by atoms with Gasteiger partial charge in [0, 0.05) is 12.4 Å². The fourth-order valence-corrected chi connectivity index (χ4v) is 2.39. The van der Waals surface area contributed by atoms with Gasteiger partial charge in [-0.25, -0.2) is 9.48 Å². The topological polar surface area (TPSA) is 102 Å². The van der Waals surface area contributed by atoms with Crippen molar-refractivity contribution in [2.75, 3.05) is 5.32 Å². The number of hydrogen-bond acceptors (Lipinski definition) is 4. The number of amides is 1. The highest BCUT2D eigenvalue weighted by Crippen LogP contribution is 2.13. The van der Waals surface area contributed by atoms with Gasteiger partial charge in [-0.1, -0.05) is 30.3 Å². The zero-order chi connectivity index (χ0) is 17.8. The van der Waals surface area contributed by atoms with E-state index >= 15 is 0 Å². The minimum absolute atomic E-state index is 0.172. The summed E-state index contributed by atoms with van der Waals surface area (Å²) in [4.78, 5) is 23.5. The zero-order valence-corrected chi connectivity index (χ0v) is 13.5. The number of carboxylic acid groups (broad SMARTS) is 1. The first-order valence-corrected chi connectivity index (χ1v) is 7.68. The second kappa shape index (κ2) is 7.00. The maximum Gasteiger partial charge on any atom is 0.328 e. The molecule has 0 aliphatic carbocycles. The van der Waals surface area contributed by atoms with Gasteiger partial charge in [0.25, 0.3) is 5.91 Å². The summed E-state index contributed by atoms with van der Waals surface area (Å²) in [6.07, 6.45) is 4.65. The number of carbonyl (C=O) groups is 2. The van der Waals surface area contributed by atoms with Crippen LogP contribution in [0.5, 0.6) is 0 Å². The summed E-state index contributed by atoms with van der Waals surface area (Å²) in [6, 6.07) is 10.4. The molecule has 3 aromatic rings. The van der Waals surface area contributed by atoms with Crippen molar-refractivity contribution in [1.29, 1.82) is 0 Å². The summed E-state index contributed by atoms with van der Waals surface area (Å²) in [7, 11) is 0. The van der Waals surface area contributed by atoms with E-state index in [0.717, 1.165) is 5.56 Å². The zero-order valence-electron chi connectivity index (χ0n) is 13.5. The highest BCUT2D eigenvalue weighted by Gasteiger charge is 2.21. The molecule has 0 radical (unpaired) electrons. The predicted molar refractivity (Wildman–Crippen MR) is 90.3 cm³/mol. The van der Waals surface area contributed by atoms with Crippen molar-refractivity contribution in [3.63, 3.8) is 0 Å². The fraction of sp³-hybridized carbons (Fsp3) is 0.176. The van der Waals surface area contributed by atoms with E-state index < -0.39 is 17.9 Å². The Labute approximate surface area is 143 Å². The molecule has 3 rings (SSSR count). The van der Waals surface area contributed by atoms with Gasteiger partial charge in [0.1, 0.15) is 11.7 Å². The lowest BCUT2D eigenvalue weighted by molar-refractivity contribution is -0.140. The number of nitrogens with one attached hydrogen (secondary N) is 1. The van der Waals surface area contributed by atoms with Crippen molar-refractivity contribution in [2.45, 2.75) is 19.5 Å². The van der Waals surface area contributed by atoms with Crippen LogP contribution in [0.1, 0.15) is 29.0 Å². The van der Waals surface area contributed by atoms with Crippen molar-refractivity contribution in [2.24, 2.45) is 0 Å². The summed E-state index contributed by atoms with van der Waals surface area (Å²) in [5, 5.41) is 19.9. The minimum Gasteiger partial charge on any atom is -0.480 e. The number of benzene rings is 1. The van der Waals surface area contributed by atoms with Crippen LogP contribution in [0.25, 0.3) is 0 Å². The second-order valence-electron chi connectivity index (χ2n) is 5.54. The molecule has 8 nitrogen and oxygen atoms in total. The van der Waals surface area contributed by atoms with Gasteiger partial charge >= 0.3 is 5.97 Å². The Hall–Kier alpha value is -3.42. The molecule has 8 heteroatoms. The molecule has 1 atom stereocenters. The van der Waals surface area contributed by atoms with Gasteiger partial charge in [0.2, 0.25) is 0 Å². The predicted octanol–water partition coefficient (Wildman–Crippen LogP) is 2.03. The maximum absolute atomic E-state index is 12.4. The molecule has 2 N–H and O–H groups in total. The lowest BCUT2D eigenvalue weighted by atomic mass is 10.2. The van der Waals surface area contributed by atoms with Crippen LogP contribution >= 0.6 is 0 Å². The first-order valence-electron chi connectivity index (χ1n) is 7.68. The quantitative estimate of drug-likeness (QED) is 0.715. The fourth-order valence-electron chi connectivity index (χ4n) is 2.39. The molecule has 0 saturated carbocycles. The Balaban J connectivity index is 1.70. The Morgan fingerprint density at radius 3 is 2.68 bits per heavy atom. The number of rotatable bonds is 6. The largest absolute Gasteiger partial charge is 0.480 e. The molecule has 0 saturated heterocycles. The Bertz CT molecular complexity index is 885. The van der Waals surface area contributed by atoms with Crippen LogP contribution in [-0.4, -0.2) is 36.5 Å². The molecule has 1 amide bonds. The van der Waals surface area contributed by atoms with E-state index in [2.05, 4.69) is 15.5 Å². The van der Waals surface area contributed by atoms with Gasteiger partial charge in [-0.15, -0.1) is 0 Å². The van der Waals surface area contributed by atoms with Crippen LogP contribution in [0.4, 0.5) is 5.69 Å². The van der Waals surface area contributed by atoms with E-state index in [1.54, 1.807) is 17.1 Å². The molecule has 1 aromatic carbocycles. The van der Waals surface area contributed by atoms with E-state index in [-0.39, 0.29) is 5.69 Å². The molecule has 0 fully saturated rings. The van der Waals surface area contributed by atoms with Gasteiger partial charge in [-0.05, 0) is 18.6 Å². The summed E-state index contributed by atoms with van der Waals surface area (Å²) in [6.45, 7) is 2.05. The smallest absolute Gasteiger partial charge is 0.328 e. The molecule has 1 unspecified atom stereocenters. The number of aromatic nitrogens is 4. The lowest BCUT2D eigenvalue weighted by Crippen LogP contribution is -2.24. The third-order valence-electron chi connectivity index (χ3n) is 3.71. The van der Waals surface area contributed by atoms with E-state index in [4.69, 9.17) is 5.11 Å². The van der Waals surface area contributed by atoms with Crippen LogP contribution in [0.2, 0.25) is 0 Å². The molecule has 2 aromatic heterocycles. The molecule has 0 bridgehead atoms. The van der Waals surface area contributed by atoms with Crippen LogP contribution in [0.15, 0.2) is 55.0 Å². The third-order valence-corrected chi connectivity index (χ3v) is 3.71. The van der Waals surface area contributed by atoms with Crippen molar-refractivity contribution >= 4 is 17.6 Å². The summed E-state index contributed by atoms with van der Waals surface area (Å²) in [5.74, 6) is -1.50. The van der Waals surface area contributed by atoms with Gasteiger partial charge in [-0.2, -0.15) is 10.2 Å². The van der Waals surface area contributed by atoms with Crippen molar-refractivity contribution in [3.8, 4) is 0 Å². The maximum atomic E-state index is 12.4. The number of carbonyl (C=O) groups excluding carboxylic acids is 1. The van der Waals surface area contributed by atoms with Gasteiger partial charge < -0.3 is 10.4 Å². The van der Waals surface area contributed by atoms with Gasteiger partial charge in [0.15, 0.2) is 0 Å². The van der Waals surface area contributed by atoms with Crippen molar-refractivity contribution in [1.82, 2.24) is 19.6 Å². The molecular weight excluding hydrogens is 322 g/mol. The first-order chi connectivity index (χ1) is 12.0. The third kappa shape index (κ3) is 3.74. The average Bonchev–Trinajstić information content (AvgIpc) is 3.24. The highest BCUT2D eigenvalue weighted by molar-refractivity contribution is 6.03. The Morgan fingerprint density at radius 2 is 1.96 bits per heavy atom. The first kappa shape index (κ1) is 16.4. The van der Waals surface area contributed by atoms with Crippen LogP contribution in [-0.2, 0) is 11.3 Å². The van der Waals surface area contributed by atoms with Gasteiger partial charge in [-0.3, -0.25) is 9.48 Å². The number of nitrogens with zero attached hydrogens (tertiary/aromatic N) is 4. The van der Waals surface area contributed by atoms with Crippen molar-refractivity contribution in [3.05, 3.63) is 66.2 Å². The number of aliphatic carboxylic acids is 1. The van der Waals surface area contributed by atoms with Crippen LogP contribution < -0.4 is 5.32 Å². The molecule has 0 spiro atoms. The summed E-state index contributed by atoms with van der Waals surface area (Å²) in [5.41, 5.74) is 1.79. The molecule has 128 valence electrons. The van der Waals surface area contributed by atoms with E-state index in [1.165, 1.54) is 23.9 Å². The Kier molecular flexibility index (Phi) is 4.60. The minimum atomic E-state index is -1.06. The van der Waals surface area contributed by atoms with E-state index in [9.17, 15) is 9.59 Å². The van der Waals surface area contributed by atoms with Gasteiger partial charge in [0.05, 0.1) is 18.4 Å². The molecule has 2 heterocycles. The normalized spacial score (nSPS) is 11.9. The highest BCUT2D eigenvalue weighted by atomic mass is 16.4. The summed E-state index contributed by atoms with van der Waals surface area (Å²) >= 11 is 0. The van der Waals surface area contributed by atoms with Crippen LogP contribution in [0.3, 0.4) is 0 Å². The second-order valence-corrected chi connectivity index (χ2v) is 5.54. The molecule has 25 heavy (non-hydrogen) atoms. The Morgan fingerprint density at radius 1 is 1.20 bits per heavy atom. The number of anilines is 1. The number of hydrogen-bond donors (Lipinski definition) is 2. The molecular formula is C17H17N5O3. The monoisotopic (exact) mass is 339 g/mol. The number of carboxylic acids is 1. The van der Waals surface area contributed by atoms with E-state index in [1.807, 2.05) is 30.3 Å². The standard InChI is InChI=1S/C17H17N5O3/c1-12(17(24)25)22-15(7-8-18-22)16(23)20-14-9-19-21(11-14)10-13-5-3-2-4-6-13/h2-9,11-12H,10H2,1H3,(H,20,23)(H,24,25). The molecule has 0 aliphatic heterocycles. The summed E-state index contributed by atoms with van der Waals surface area (Å²) < 4.78 is 2.88. The van der Waals surface area contributed by atoms with E-state index in [0.29, 0.717) is 12.2 Å². The van der Waals surface area contributed by atoms with Crippen molar-refractivity contribution < 1.29 is 14.7 Å². The average molecular weight is 339 g/mol. The lowest BCUT2D eigenvalue weighted by Gasteiger charge is -2.10. The molecule has 0 aliphatic rings.